The molecule has 3 amide bonds. The Morgan fingerprint density at radius 3 is 2.62 bits per heavy atom. The highest BCUT2D eigenvalue weighted by Crippen LogP contribution is 2.21. The van der Waals surface area contributed by atoms with Gasteiger partial charge in [-0.1, -0.05) is 18.2 Å². The molecular formula is C17H16N4O4S. The Balaban J connectivity index is 1.62. The second-order valence-corrected chi connectivity index (χ2v) is 5.90. The first-order valence-electron chi connectivity index (χ1n) is 7.61. The lowest BCUT2D eigenvalue weighted by atomic mass is 10.3. The van der Waals surface area contributed by atoms with E-state index in [0.717, 1.165) is 0 Å². The minimum absolute atomic E-state index is 0.0715. The van der Waals surface area contributed by atoms with Crippen LogP contribution in [0.25, 0.3) is 0 Å². The lowest BCUT2D eigenvalue weighted by Crippen LogP contribution is -2.31. The number of rotatable bonds is 7. The summed E-state index contributed by atoms with van der Waals surface area (Å²) in [6.45, 7) is -0.388. The molecule has 0 aliphatic heterocycles. The van der Waals surface area contributed by atoms with E-state index in [4.69, 9.17) is 10.00 Å². The summed E-state index contributed by atoms with van der Waals surface area (Å²) in [6.07, 6.45) is -0.0715. The van der Waals surface area contributed by atoms with E-state index < -0.39 is 24.5 Å². The molecule has 8 nitrogen and oxygen atoms in total. The number of ether oxygens (including phenoxy) is 1. The van der Waals surface area contributed by atoms with Gasteiger partial charge in [0.25, 0.3) is 5.91 Å². The van der Waals surface area contributed by atoms with Crippen molar-refractivity contribution >= 4 is 39.9 Å². The molecule has 2 aromatic rings. The number of benzene rings is 1. The van der Waals surface area contributed by atoms with Gasteiger partial charge in [0.1, 0.15) is 11.1 Å². The first-order chi connectivity index (χ1) is 12.6. The summed E-state index contributed by atoms with van der Waals surface area (Å²) < 4.78 is 4.83. The van der Waals surface area contributed by atoms with Crippen LogP contribution < -0.4 is 16.0 Å². The molecule has 3 N–H and O–H groups in total. The van der Waals surface area contributed by atoms with Gasteiger partial charge in [0.15, 0.2) is 6.61 Å². The largest absolute Gasteiger partial charge is 0.456 e. The van der Waals surface area contributed by atoms with E-state index in [9.17, 15) is 14.4 Å². The maximum absolute atomic E-state index is 11.7. The maximum atomic E-state index is 11.7. The Labute approximate surface area is 153 Å². The fraction of sp³-hybridized carbons (Fsp3) is 0.176. The molecule has 0 spiro atoms. The molecular weight excluding hydrogens is 356 g/mol. The van der Waals surface area contributed by atoms with Gasteiger partial charge in [-0.05, 0) is 23.6 Å². The first kappa shape index (κ1) is 19.0. The summed E-state index contributed by atoms with van der Waals surface area (Å²) in [6, 6.07) is 12.0. The van der Waals surface area contributed by atoms with Crippen LogP contribution >= 0.6 is 11.3 Å². The van der Waals surface area contributed by atoms with Crippen LogP contribution in [0.1, 0.15) is 12.0 Å². The molecule has 0 atom stereocenters. The highest BCUT2D eigenvalue weighted by molar-refractivity contribution is 7.14. The van der Waals surface area contributed by atoms with E-state index in [-0.39, 0.29) is 13.0 Å². The zero-order chi connectivity index (χ0) is 18.8. The fourth-order valence-electron chi connectivity index (χ4n) is 1.85. The zero-order valence-electron chi connectivity index (χ0n) is 13.7. The molecule has 0 unspecified atom stereocenters. The molecule has 1 heterocycles. The number of carbonyl (C=O) groups is 3. The Bertz CT molecular complexity index is 814. The molecule has 134 valence electrons. The van der Waals surface area contributed by atoms with E-state index in [2.05, 4.69) is 16.0 Å². The molecule has 0 saturated carbocycles. The molecule has 1 aromatic carbocycles. The highest BCUT2D eigenvalue weighted by Gasteiger charge is 2.11. The molecule has 0 aliphatic carbocycles. The number of hydrogen-bond acceptors (Lipinski definition) is 6. The number of nitriles is 1. The number of hydrogen-bond donors (Lipinski definition) is 3. The minimum Gasteiger partial charge on any atom is -0.456 e. The average Bonchev–Trinajstić information content (AvgIpc) is 3.08. The average molecular weight is 372 g/mol. The number of esters is 1. The van der Waals surface area contributed by atoms with Gasteiger partial charge >= 0.3 is 12.0 Å². The summed E-state index contributed by atoms with van der Waals surface area (Å²) in [5.74, 6) is -1.15. The van der Waals surface area contributed by atoms with Crippen molar-refractivity contribution < 1.29 is 19.1 Å². The summed E-state index contributed by atoms with van der Waals surface area (Å²) in [5.41, 5.74) is 0.984. The molecule has 0 saturated heterocycles. The van der Waals surface area contributed by atoms with E-state index in [1.54, 1.807) is 35.7 Å². The molecule has 2 rings (SSSR count). The molecule has 1 aromatic heterocycles. The van der Waals surface area contributed by atoms with Crippen molar-refractivity contribution in [2.24, 2.45) is 0 Å². The van der Waals surface area contributed by atoms with Gasteiger partial charge in [0.05, 0.1) is 12.0 Å². The van der Waals surface area contributed by atoms with Gasteiger partial charge in [0.2, 0.25) is 0 Å². The Hall–Kier alpha value is -3.38. The predicted octanol–water partition coefficient (Wildman–Crippen LogP) is 2.31. The van der Waals surface area contributed by atoms with Gasteiger partial charge in [0, 0.05) is 12.2 Å². The smallest absolute Gasteiger partial charge is 0.319 e. The summed E-state index contributed by atoms with van der Waals surface area (Å²) in [7, 11) is 0. The Morgan fingerprint density at radius 2 is 1.88 bits per heavy atom. The third-order valence-corrected chi connectivity index (χ3v) is 3.88. The van der Waals surface area contributed by atoms with Crippen molar-refractivity contribution in [3.63, 3.8) is 0 Å². The predicted molar refractivity (Wildman–Crippen MR) is 96.7 cm³/mol. The van der Waals surface area contributed by atoms with Crippen LogP contribution in [0.3, 0.4) is 0 Å². The van der Waals surface area contributed by atoms with Gasteiger partial charge in [-0.15, -0.1) is 11.3 Å². The first-order valence-corrected chi connectivity index (χ1v) is 8.49. The monoisotopic (exact) mass is 372 g/mol. The number of urea groups is 1. The molecule has 0 radical (unpaired) electrons. The van der Waals surface area contributed by atoms with Crippen LogP contribution in [-0.4, -0.2) is 31.1 Å². The number of para-hydroxylation sites is 1. The Kier molecular flexibility index (Phi) is 7.15. The summed E-state index contributed by atoms with van der Waals surface area (Å²) in [4.78, 5) is 34.9. The second-order valence-electron chi connectivity index (χ2n) is 4.98. The maximum Gasteiger partial charge on any atom is 0.319 e. The van der Waals surface area contributed by atoms with E-state index in [1.807, 2.05) is 12.1 Å². The molecule has 0 fully saturated rings. The summed E-state index contributed by atoms with van der Waals surface area (Å²) >= 11 is 1.21. The van der Waals surface area contributed by atoms with Crippen LogP contribution in [0.5, 0.6) is 0 Å². The third-order valence-electron chi connectivity index (χ3n) is 3.05. The molecule has 0 bridgehead atoms. The van der Waals surface area contributed by atoms with Crippen LogP contribution in [0.2, 0.25) is 0 Å². The van der Waals surface area contributed by atoms with Gasteiger partial charge in [-0.2, -0.15) is 5.26 Å². The topological polar surface area (TPSA) is 120 Å². The van der Waals surface area contributed by atoms with Crippen molar-refractivity contribution in [2.75, 3.05) is 23.8 Å². The highest BCUT2D eigenvalue weighted by atomic mass is 32.1. The minimum atomic E-state index is -0.619. The van der Waals surface area contributed by atoms with E-state index in [1.165, 1.54) is 11.3 Å². The van der Waals surface area contributed by atoms with Crippen molar-refractivity contribution in [1.29, 1.82) is 5.26 Å². The number of nitrogens with one attached hydrogen (secondary N) is 3. The van der Waals surface area contributed by atoms with Crippen LogP contribution in [-0.2, 0) is 14.3 Å². The van der Waals surface area contributed by atoms with E-state index >= 15 is 0 Å². The fourth-order valence-corrected chi connectivity index (χ4v) is 2.60. The van der Waals surface area contributed by atoms with Gasteiger partial charge < -0.3 is 20.7 Å². The normalized spacial score (nSPS) is 9.65. The van der Waals surface area contributed by atoms with Crippen molar-refractivity contribution in [1.82, 2.24) is 5.32 Å². The lowest BCUT2D eigenvalue weighted by Gasteiger charge is -2.08. The van der Waals surface area contributed by atoms with Crippen molar-refractivity contribution in [2.45, 2.75) is 6.42 Å². The molecule has 26 heavy (non-hydrogen) atoms. The number of carbonyl (C=O) groups excluding carboxylic acids is 3. The van der Waals surface area contributed by atoms with Gasteiger partial charge in [-0.25, -0.2) is 4.79 Å². The number of amides is 3. The summed E-state index contributed by atoms with van der Waals surface area (Å²) in [5, 5.41) is 18.6. The number of thiophene rings is 1. The number of nitrogens with zero attached hydrogens (tertiary/aromatic N) is 1. The lowest BCUT2D eigenvalue weighted by molar-refractivity contribution is -0.147. The quantitative estimate of drug-likeness (QED) is 0.644. The molecule has 0 aliphatic rings. The third kappa shape index (κ3) is 6.26. The standard InChI is InChI=1S/C17H16N4O4S/c18-10-12-7-9-26-16(12)21-14(22)11-25-15(23)6-8-19-17(24)20-13-4-2-1-3-5-13/h1-5,7,9H,6,8,11H2,(H,21,22)(H2,19,20,24). The second kappa shape index (κ2) is 9.80. The van der Waals surface area contributed by atoms with Crippen molar-refractivity contribution in [3.8, 4) is 6.07 Å². The van der Waals surface area contributed by atoms with Crippen LogP contribution in [0.4, 0.5) is 15.5 Å². The molecule has 9 heteroatoms. The number of anilines is 2. The van der Waals surface area contributed by atoms with Gasteiger partial charge in [-0.3, -0.25) is 9.59 Å². The van der Waals surface area contributed by atoms with Crippen LogP contribution in [0.15, 0.2) is 41.8 Å². The van der Waals surface area contributed by atoms with Crippen LogP contribution in [0, 0.1) is 11.3 Å². The Morgan fingerprint density at radius 1 is 1.12 bits per heavy atom. The zero-order valence-corrected chi connectivity index (χ0v) is 14.5. The van der Waals surface area contributed by atoms with E-state index in [0.29, 0.717) is 16.3 Å². The van der Waals surface area contributed by atoms with Crippen molar-refractivity contribution in [3.05, 3.63) is 47.3 Å². The SMILES string of the molecule is N#Cc1ccsc1NC(=O)COC(=O)CCNC(=O)Nc1ccccc1.